The van der Waals surface area contributed by atoms with Crippen molar-refractivity contribution in [2.24, 2.45) is 0 Å². The van der Waals surface area contributed by atoms with Gasteiger partial charge in [-0.2, -0.15) is 9.50 Å². The SMILES string of the molecule is CCCCCOc1ccc(/C=c2/sc3nc([C@@H]4COc5ccccc5O4)nn3c2=O)cc1OCC. The lowest BCUT2D eigenvalue weighted by Crippen LogP contribution is -2.26. The third-order valence-corrected chi connectivity index (χ3v) is 6.52. The lowest BCUT2D eigenvalue weighted by molar-refractivity contribution is 0.0852. The molecule has 0 fully saturated rings. The van der Waals surface area contributed by atoms with Crippen LogP contribution in [0, 0.1) is 0 Å². The van der Waals surface area contributed by atoms with E-state index < -0.39 is 6.10 Å². The average Bonchev–Trinajstić information content (AvgIpc) is 3.42. The van der Waals surface area contributed by atoms with E-state index in [0.29, 0.717) is 51.5 Å². The van der Waals surface area contributed by atoms with Crippen molar-refractivity contribution in [3.05, 3.63) is 68.7 Å². The van der Waals surface area contributed by atoms with Gasteiger partial charge in [-0.1, -0.05) is 49.3 Å². The molecule has 0 radical (unpaired) electrons. The standard InChI is InChI=1S/C26H27N3O5S/c1-3-5-8-13-32-19-12-11-17(14-21(19)31-4-2)15-23-25(30)29-26(35-23)27-24(28-29)22-16-33-18-9-6-7-10-20(18)34-22/h6-7,9-12,14-15,22H,3-5,8,13,16H2,1-2H3/b23-15+/t22-/m0/s1. The van der Waals surface area contributed by atoms with E-state index in [9.17, 15) is 4.79 Å². The number of fused-ring (bicyclic) bond motifs is 2. The monoisotopic (exact) mass is 493 g/mol. The number of unbranched alkanes of at least 4 members (excludes halogenated alkanes) is 2. The van der Waals surface area contributed by atoms with Crippen LogP contribution in [-0.2, 0) is 0 Å². The molecule has 0 saturated heterocycles. The fourth-order valence-corrected chi connectivity index (χ4v) is 4.73. The molecule has 182 valence electrons. The number of hydrogen-bond acceptors (Lipinski definition) is 8. The van der Waals surface area contributed by atoms with Gasteiger partial charge >= 0.3 is 0 Å². The van der Waals surface area contributed by atoms with E-state index in [-0.39, 0.29) is 12.2 Å². The second-order valence-electron chi connectivity index (χ2n) is 8.14. The Morgan fingerprint density at radius 3 is 2.77 bits per heavy atom. The summed E-state index contributed by atoms with van der Waals surface area (Å²) in [6.07, 6.45) is 4.63. The molecule has 1 atom stereocenters. The number of thiazole rings is 1. The maximum Gasteiger partial charge on any atom is 0.291 e. The van der Waals surface area contributed by atoms with Crippen LogP contribution in [0.4, 0.5) is 0 Å². The Labute approximate surface area is 206 Å². The molecule has 0 N–H and O–H groups in total. The van der Waals surface area contributed by atoms with Crippen molar-refractivity contribution in [1.29, 1.82) is 0 Å². The summed E-state index contributed by atoms with van der Waals surface area (Å²) in [6.45, 7) is 5.56. The van der Waals surface area contributed by atoms with Crippen molar-refractivity contribution < 1.29 is 18.9 Å². The fourth-order valence-electron chi connectivity index (χ4n) is 3.82. The molecular formula is C26H27N3O5S. The summed E-state index contributed by atoms with van der Waals surface area (Å²) in [5, 5.41) is 4.41. The van der Waals surface area contributed by atoms with Crippen molar-refractivity contribution in [3.8, 4) is 23.0 Å². The fraction of sp³-hybridized carbons (Fsp3) is 0.346. The summed E-state index contributed by atoms with van der Waals surface area (Å²) in [6, 6.07) is 13.2. The molecule has 1 aliphatic heterocycles. The van der Waals surface area contributed by atoms with Gasteiger partial charge in [-0.05, 0) is 49.2 Å². The quantitative estimate of drug-likeness (QED) is 0.324. The summed E-state index contributed by atoms with van der Waals surface area (Å²) < 4.78 is 25.3. The van der Waals surface area contributed by atoms with Crippen LogP contribution >= 0.6 is 11.3 Å². The summed E-state index contributed by atoms with van der Waals surface area (Å²) in [5.41, 5.74) is 0.621. The zero-order valence-electron chi connectivity index (χ0n) is 19.7. The predicted molar refractivity (Wildman–Crippen MR) is 134 cm³/mol. The van der Waals surface area contributed by atoms with Gasteiger partial charge in [-0.15, -0.1) is 5.10 Å². The van der Waals surface area contributed by atoms with Crippen LogP contribution < -0.4 is 29.0 Å². The van der Waals surface area contributed by atoms with Gasteiger partial charge in [0.15, 0.2) is 34.9 Å². The molecule has 2 aromatic carbocycles. The van der Waals surface area contributed by atoms with Gasteiger partial charge in [-0.3, -0.25) is 4.79 Å². The van der Waals surface area contributed by atoms with Gasteiger partial charge in [0.05, 0.1) is 17.7 Å². The Bertz CT molecular complexity index is 1430. The van der Waals surface area contributed by atoms with Crippen LogP contribution in [0.25, 0.3) is 11.0 Å². The minimum atomic E-state index is -0.470. The minimum absolute atomic E-state index is 0.223. The molecule has 5 rings (SSSR count). The van der Waals surface area contributed by atoms with E-state index in [4.69, 9.17) is 18.9 Å². The Morgan fingerprint density at radius 1 is 1.11 bits per heavy atom. The minimum Gasteiger partial charge on any atom is -0.490 e. The number of benzene rings is 2. The highest BCUT2D eigenvalue weighted by Gasteiger charge is 2.27. The van der Waals surface area contributed by atoms with Crippen molar-refractivity contribution in [1.82, 2.24) is 14.6 Å². The van der Waals surface area contributed by atoms with E-state index in [1.54, 1.807) is 0 Å². The predicted octanol–water partition coefficient (Wildman–Crippen LogP) is 4.18. The highest BCUT2D eigenvalue weighted by atomic mass is 32.1. The highest BCUT2D eigenvalue weighted by Crippen LogP contribution is 2.35. The van der Waals surface area contributed by atoms with Crippen LogP contribution in [0.15, 0.2) is 47.3 Å². The first kappa shape index (κ1) is 23.2. The summed E-state index contributed by atoms with van der Waals surface area (Å²) in [5.74, 6) is 3.14. The number of rotatable bonds is 9. The molecule has 0 amide bonds. The largest absolute Gasteiger partial charge is 0.490 e. The lowest BCUT2D eigenvalue weighted by atomic mass is 10.2. The zero-order chi connectivity index (χ0) is 24.2. The van der Waals surface area contributed by atoms with E-state index in [2.05, 4.69) is 17.0 Å². The van der Waals surface area contributed by atoms with E-state index in [1.807, 2.05) is 55.5 Å². The van der Waals surface area contributed by atoms with Crippen LogP contribution in [-0.4, -0.2) is 34.4 Å². The Morgan fingerprint density at radius 2 is 1.97 bits per heavy atom. The summed E-state index contributed by atoms with van der Waals surface area (Å²) in [4.78, 5) is 18.1. The maximum absolute atomic E-state index is 13.0. The maximum atomic E-state index is 13.0. The Balaban J connectivity index is 1.38. The number of aromatic nitrogens is 3. The van der Waals surface area contributed by atoms with Crippen LogP contribution in [0.5, 0.6) is 23.0 Å². The van der Waals surface area contributed by atoms with E-state index in [0.717, 1.165) is 24.8 Å². The second kappa shape index (κ2) is 10.4. The lowest BCUT2D eigenvalue weighted by Gasteiger charge is -2.24. The van der Waals surface area contributed by atoms with Crippen LogP contribution in [0.1, 0.15) is 50.6 Å². The van der Waals surface area contributed by atoms with E-state index in [1.165, 1.54) is 15.9 Å². The van der Waals surface area contributed by atoms with Crippen molar-refractivity contribution in [2.75, 3.05) is 19.8 Å². The molecule has 4 aromatic rings. The summed E-state index contributed by atoms with van der Waals surface area (Å²) in [7, 11) is 0. The first-order chi connectivity index (χ1) is 17.2. The van der Waals surface area contributed by atoms with Gasteiger partial charge in [0, 0.05) is 0 Å². The number of nitrogens with zero attached hydrogens (tertiary/aromatic N) is 3. The number of ether oxygens (including phenoxy) is 4. The molecule has 35 heavy (non-hydrogen) atoms. The molecule has 0 bridgehead atoms. The molecule has 1 aliphatic rings. The van der Waals surface area contributed by atoms with Crippen molar-refractivity contribution in [3.63, 3.8) is 0 Å². The normalized spacial score (nSPS) is 15.5. The van der Waals surface area contributed by atoms with Crippen molar-refractivity contribution in [2.45, 2.75) is 39.2 Å². The van der Waals surface area contributed by atoms with Gasteiger partial charge < -0.3 is 18.9 Å². The molecule has 9 heteroatoms. The topological polar surface area (TPSA) is 84.2 Å². The average molecular weight is 494 g/mol. The number of para-hydroxylation sites is 2. The molecule has 2 aromatic heterocycles. The smallest absolute Gasteiger partial charge is 0.291 e. The molecule has 0 spiro atoms. The molecule has 0 aliphatic carbocycles. The Kier molecular flexibility index (Phi) is 6.85. The van der Waals surface area contributed by atoms with Crippen molar-refractivity contribution >= 4 is 22.4 Å². The van der Waals surface area contributed by atoms with Gasteiger partial charge in [0.25, 0.3) is 5.56 Å². The highest BCUT2D eigenvalue weighted by molar-refractivity contribution is 7.15. The summed E-state index contributed by atoms with van der Waals surface area (Å²) >= 11 is 1.28. The second-order valence-corrected chi connectivity index (χ2v) is 9.15. The molecule has 0 saturated carbocycles. The molecule has 0 unspecified atom stereocenters. The van der Waals surface area contributed by atoms with E-state index >= 15 is 0 Å². The van der Waals surface area contributed by atoms with Crippen LogP contribution in [0.3, 0.4) is 0 Å². The first-order valence-corrected chi connectivity index (χ1v) is 12.7. The zero-order valence-corrected chi connectivity index (χ0v) is 20.5. The molecule has 3 heterocycles. The van der Waals surface area contributed by atoms with Gasteiger partial charge in [0.1, 0.15) is 6.61 Å². The third-order valence-electron chi connectivity index (χ3n) is 5.57. The molecule has 8 nitrogen and oxygen atoms in total. The first-order valence-electron chi connectivity index (χ1n) is 11.9. The Hall–Kier alpha value is -3.59. The van der Waals surface area contributed by atoms with Gasteiger partial charge in [-0.25, -0.2) is 0 Å². The van der Waals surface area contributed by atoms with Gasteiger partial charge in [0.2, 0.25) is 4.96 Å². The van der Waals surface area contributed by atoms with Crippen LogP contribution in [0.2, 0.25) is 0 Å². The molecular weight excluding hydrogens is 466 g/mol. The third kappa shape index (κ3) is 4.95. The number of hydrogen-bond donors (Lipinski definition) is 0.